The molecule has 0 saturated carbocycles. The van der Waals surface area contributed by atoms with E-state index in [1.165, 1.54) is 9.87 Å². The number of aldehydes is 1. The molecule has 5 nitrogen and oxygen atoms in total. The van der Waals surface area contributed by atoms with Gasteiger partial charge in [0.1, 0.15) is 0 Å². The highest BCUT2D eigenvalue weighted by atomic mass is 32.2. The van der Waals surface area contributed by atoms with E-state index in [2.05, 4.69) is 4.98 Å². The van der Waals surface area contributed by atoms with Crippen molar-refractivity contribution in [2.75, 3.05) is 6.54 Å². The summed E-state index contributed by atoms with van der Waals surface area (Å²) in [5.41, 5.74) is 3.46. The topological polar surface area (TPSA) is 70.2 Å². The molecule has 2 heterocycles. The van der Waals surface area contributed by atoms with Crippen molar-refractivity contribution in [1.29, 1.82) is 0 Å². The number of sulfonamides is 1. The molecule has 0 aliphatic carbocycles. The molecule has 0 saturated heterocycles. The Morgan fingerprint density at radius 1 is 1.08 bits per heavy atom. The van der Waals surface area contributed by atoms with Crippen molar-refractivity contribution in [3.8, 4) is 0 Å². The average molecular weight is 340 g/mol. The van der Waals surface area contributed by atoms with Gasteiger partial charge in [0.25, 0.3) is 0 Å². The van der Waals surface area contributed by atoms with Crippen LogP contribution in [0.2, 0.25) is 0 Å². The van der Waals surface area contributed by atoms with Crippen LogP contribution in [0.4, 0.5) is 0 Å². The molecule has 0 atom stereocenters. The zero-order valence-electron chi connectivity index (χ0n) is 12.9. The number of aromatic nitrogens is 1. The van der Waals surface area contributed by atoms with Gasteiger partial charge in [0.15, 0.2) is 6.29 Å². The lowest BCUT2D eigenvalue weighted by Crippen LogP contribution is -2.35. The third-order valence-electron chi connectivity index (χ3n) is 4.55. The number of fused-ring (bicyclic) bond motifs is 2. The maximum Gasteiger partial charge on any atom is 0.243 e. The summed E-state index contributed by atoms with van der Waals surface area (Å²) < 4.78 is 27.5. The van der Waals surface area contributed by atoms with Gasteiger partial charge in [-0.1, -0.05) is 24.3 Å². The van der Waals surface area contributed by atoms with E-state index in [0.29, 0.717) is 30.5 Å². The van der Waals surface area contributed by atoms with Crippen molar-refractivity contribution in [2.24, 2.45) is 0 Å². The molecule has 122 valence electrons. The summed E-state index contributed by atoms with van der Waals surface area (Å²) in [6.07, 6.45) is 3.03. The molecule has 0 spiro atoms. The predicted octanol–water partition coefficient (Wildman–Crippen LogP) is 2.73. The van der Waals surface area contributed by atoms with Gasteiger partial charge in [0.05, 0.1) is 4.90 Å². The molecular formula is C18H16N2O3S. The Hall–Kier alpha value is -2.44. The van der Waals surface area contributed by atoms with Crippen LogP contribution >= 0.6 is 0 Å². The number of benzene rings is 2. The summed E-state index contributed by atoms with van der Waals surface area (Å²) in [7, 11) is -3.60. The molecular weight excluding hydrogens is 324 g/mol. The highest BCUT2D eigenvalue weighted by Gasteiger charge is 2.28. The SMILES string of the molecule is O=Cc1c[nH]c2ccc(S(=O)(=O)N3CCc4ccccc4C3)cc12. The Balaban J connectivity index is 1.74. The Morgan fingerprint density at radius 2 is 1.88 bits per heavy atom. The van der Waals surface area contributed by atoms with Crippen LogP contribution in [-0.4, -0.2) is 30.5 Å². The van der Waals surface area contributed by atoms with Gasteiger partial charge in [0, 0.05) is 35.8 Å². The fourth-order valence-electron chi connectivity index (χ4n) is 3.20. The van der Waals surface area contributed by atoms with E-state index in [1.807, 2.05) is 24.3 Å². The fraction of sp³-hybridized carbons (Fsp3) is 0.167. The number of aromatic amines is 1. The number of H-pyrrole nitrogens is 1. The minimum Gasteiger partial charge on any atom is -0.360 e. The first kappa shape index (κ1) is 15.1. The zero-order chi connectivity index (χ0) is 16.7. The fourth-order valence-corrected chi connectivity index (χ4v) is 4.65. The lowest BCUT2D eigenvalue weighted by molar-refractivity contribution is 0.112. The second kappa shape index (κ2) is 5.58. The number of nitrogens with one attached hydrogen (secondary N) is 1. The van der Waals surface area contributed by atoms with Crippen molar-refractivity contribution in [3.05, 3.63) is 65.4 Å². The molecule has 0 radical (unpaired) electrons. The van der Waals surface area contributed by atoms with Gasteiger partial charge < -0.3 is 4.98 Å². The molecule has 24 heavy (non-hydrogen) atoms. The van der Waals surface area contributed by atoms with E-state index in [0.717, 1.165) is 17.4 Å². The first-order valence-electron chi connectivity index (χ1n) is 7.73. The number of hydrogen-bond acceptors (Lipinski definition) is 3. The molecule has 1 N–H and O–H groups in total. The van der Waals surface area contributed by atoms with E-state index >= 15 is 0 Å². The van der Waals surface area contributed by atoms with Crippen molar-refractivity contribution in [2.45, 2.75) is 17.9 Å². The second-order valence-electron chi connectivity index (χ2n) is 5.93. The van der Waals surface area contributed by atoms with Crippen molar-refractivity contribution >= 4 is 27.2 Å². The molecule has 4 rings (SSSR count). The average Bonchev–Trinajstić information content (AvgIpc) is 3.03. The van der Waals surface area contributed by atoms with Gasteiger partial charge in [0.2, 0.25) is 10.0 Å². The number of nitrogens with zero attached hydrogens (tertiary/aromatic N) is 1. The van der Waals surface area contributed by atoms with E-state index < -0.39 is 10.0 Å². The molecule has 0 amide bonds. The number of hydrogen-bond donors (Lipinski definition) is 1. The predicted molar refractivity (Wildman–Crippen MR) is 91.4 cm³/mol. The molecule has 0 bridgehead atoms. The van der Waals surface area contributed by atoms with Gasteiger partial charge in [-0.15, -0.1) is 0 Å². The van der Waals surface area contributed by atoms with Crippen LogP contribution in [0.15, 0.2) is 53.6 Å². The van der Waals surface area contributed by atoms with Crippen LogP contribution in [0, 0.1) is 0 Å². The summed E-state index contributed by atoms with van der Waals surface area (Å²) in [6, 6.07) is 12.8. The van der Waals surface area contributed by atoms with Crippen LogP contribution in [0.3, 0.4) is 0 Å². The highest BCUT2D eigenvalue weighted by Crippen LogP contribution is 2.27. The molecule has 0 unspecified atom stereocenters. The molecule has 3 aromatic rings. The number of carbonyl (C=O) groups excluding carboxylic acids is 1. The monoisotopic (exact) mass is 340 g/mol. The normalized spacial score (nSPS) is 15.3. The first-order chi connectivity index (χ1) is 11.6. The Labute approximate surface area is 140 Å². The lowest BCUT2D eigenvalue weighted by atomic mass is 10.0. The summed E-state index contributed by atoms with van der Waals surface area (Å²) in [5, 5.41) is 0.628. The Kier molecular flexibility index (Phi) is 3.51. The summed E-state index contributed by atoms with van der Waals surface area (Å²) in [4.78, 5) is 14.3. The van der Waals surface area contributed by atoms with Crippen LogP contribution in [0.25, 0.3) is 10.9 Å². The van der Waals surface area contributed by atoms with E-state index in [4.69, 9.17) is 0 Å². The van der Waals surface area contributed by atoms with Gasteiger partial charge in [-0.05, 0) is 35.7 Å². The second-order valence-corrected chi connectivity index (χ2v) is 7.86. The maximum absolute atomic E-state index is 13.0. The maximum atomic E-state index is 13.0. The van der Waals surface area contributed by atoms with E-state index in [1.54, 1.807) is 24.4 Å². The quantitative estimate of drug-likeness (QED) is 0.745. The number of carbonyl (C=O) groups is 1. The first-order valence-corrected chi connectivity index (χ1v) is 9.17. The van der Waals surface area contributed by atoms with Crippen molar-refractivity contribution in [1.82, 2.24) is 9.29 Å². The minimum atomic E-state index is -3.60. The molecule has 2 aromatic carbocycles. The largest absolute Gasteiger partial charge is 0.360 e. The van der Waals surface area contributed by atoms with Gasteiger partial charge >= 0.3 is 0 Å². The van der Waals surface area contributed by atoms with Gasteiger partial charge in [-0.2, -0.15) is 4.31 Å². The molecule has 6 heteroatoms. The van der Waals surface area contributed by atoms with Crippen LogP contribution in [0.1, 0.15) is 21.5 Å². The van der Waals surface area contributed by atoms with Crippen molar-refractivity contribution in [3.63, 3.8) is 0 Å². The third kappa shape index (κ3) is 2.35. The smallest absolute Gasteiger partial charge is 0.243 e. The van der Waals surface area contributed by atoms with Crippen LogP contribution in [-0.2, 0) is 23.0 Å². The standard InChI is InChI=1S/C18H16N2O3S/c21-12-15-10-19-18-6-5-16(9-17(15)18)24(22,23)20-8-7-13-3-1-2-4-14(13)11-20/h1-6,9-10,12,19H,7-8,11H2. The van der Waals surface area contributed by atoms with Gasteiger partial charge in [-0.25, -0.2) is 8.42 Å². The van der Waals surface area contributed by atoms with Crippen molar-refractivity contribution < 1.29 is 13.2 Å². The Bertz CT molecular complexity index is 1040. The zero-order valence-corrected chi connectivity index (χ0v) is 13.7. The molecule has 1 aliphatic heterocycles. The molecule has 0 fully saturated rings. The van der Waals surface area contributed by atoms with E-state index in [9.17, 15) is 13.2 Å². The molecule has 1 aliphatic rings. The summed E-state index contributed by atoms with van der Waals surface area (Å²) in [6.45, 7) is 0.843. The van der Waals surface area contributed by atoms with Crippen LogP contribution in [0.5, 0.6) is 0 Å². The summed E-state index contributed by atoms with van der Waals surface area (Å²) in [5.74, 6) is 0. The Morgan fingerprint density at radius 3 is 2.67 bits per heavy atom. The molecule has 1 aromatic heterocycles. The van der Waals surface area contributed by atoms with E-state index in [-0.39, 0.29) is 4.90 Å². The highest BCUT2D eigenvalue weighted by molar-refractivity contribution is 7.89. The van der Waals surface area contributed by atoms with Gasteiger partial charge in [-0.3, -0.25) is 4.79 Å². The lowest BCUT2D eigenvalue weighted by Gasteiger charge is -2.28. The van der Waals surface area contributed by atoms with Crippen LogP contribution < -0.4 is 0 Å². The summed E-state index contributed by atoms with van der Waals surface area (Å²) >= 11 is 0. The third-order valence-corrected chi connectivity index (χ3v) is 6.39. The number of rotatable bonds is 3. The minimum absolute atomic E-state index is 0.220.